The quantitative estimate of drug-likeness (QED) is 0.0955. The first-order valence-electron chi connectivity index (χ1n) is 20.7. The van der Waals surface area contributed by atoms with Gasteiger partial charge in [0.15, 0.2) is 13.8 Å². The van der Waals surface area contributed by atoms with E-state index >= 15 is 0 Å². The van der Waals surface area contributed by atoms with Crippen LogP contribution in [0.15, 0.2) is 211 Å². The van der Waals surface area contributed by atoms with Gasteiger partial charge < -0.3 is 13.6 Å². The first kappa shape index (κ1) is 35.5. The predicted molar refractivity (Wildman–Crippen MR) is 257 cm³/mol. The molecule has 5 nitrogen and oxygen atoms in total. The third kappa shape index (κ3) is 5.12. The monoisotopic (exact) mass is 806 g/mol. The Morgan fingerprint density at radius 1 is 0.452 bits per heavy atom. The van der Waals surface area contributed by atoms with Crippen molar-refractivity contribution in [1.29, 1.82) is 5.26 Å². The summed E-state index contributed by atoms with van der Waals surface area (Å²) in [5.41, 5.74) is 9.27. The van der Waals surface area contributed by atoms with Crippen molar-refractivity contribution in [3.63, 3.8) is 0 Å². The predicted octanol–water partition coefficient (Wildman–Crippen LogP) is 11.6. The highest BCUT2D eigenvalue weighted by Crippen LogP contribution is 2.41. The number of benzene rings is 9. The molecule has 0 amide bonds. The third-order valence-corrected chi connectivity index (χ3v) is 17.5. The van der Waals surface area contributed by atoms with Gasteiger partial charge in [0, 0.05) is 32.9 Å². The SMILES string of the molecule is [C-]#[N+]c1ccc2c(c1)c1cc(C#N)ccc1n2-c1cccc([Si](c2ccccc2)(c2ccccc2)c2ccc(-n3c4ccccc4c4ccc5oc6ccccc6c5c43)cc2)c1. The molecular weight excluding hydrogens is 773 g/mol. The molecule has 0 N–H and O–H groups in total. The molecule has 6 heteroatoms. The molecule has 0 aliphatic rings. The molecule has 12 aromatic rings. The van der Waals surface area contributed by atoms with Crippen LogP contribution >= 0.6 is 0 Å². The first-order valence-corrected chi connectivity index (χ1v) is 22.7. The molecule has 0 aliphatic carbocycles. The van der Waals surface area contributed by atoms with Gasteiger partial charge in [0.25, 0.3) is 0 Å². The highest BCUT2D eigenvalue weighted by molar-refractivity contribution is 7.19. The lowest BCUT2D eigenvalue weighted by atomic mass is 10.1. The van der Waals surface area contributed by atoms with Crippen molar-refractivity contribution in [2.24, 2.45) is 0 Å². The van der Waals surface area contributed by atoms with Crippen molar-refractivity contribution >= 4 is 100 Å². The molecule has 0 atom stereocenters. The van der Waals surface area contributed by atoms with Crippen molar-refractivity contribution in [2.45, 2.75) is 0 Å². The molecule has 3 aromatic heterocycles. The largest absolute Gasteiger partial charge is 0.456 e. The minimum atomic E-state index is -3.01. The summed E-state index contributed by atoms with van der Waals surface area (Å²) >= 11 is 0. The van der Waals surface area contributed by atoms with E-state index in [-0.39, 0.29) is 0 Å². The summed E-state index contributed by atoms with van der Waals surface area (Å²) in [4.78, 5) is 3.75. The number of furan rings is 1. The van der Waals surface area contributed by atoms with Crippen LogP contribution in [0.25, 0.3) is 81.8 Å². The smallest absolute Gasteiger partial charge is 0.188 e. The number of rotatable bonds is 6. The Hall–Kier alpha value is -8.42. The van der Waals surface area contributed by atoms with Crippen molar-refractivity contribution in [2.75, 3.05) is 0 Å². The molecule has 12 rings (SSSR count). The Labute approximate surface area is 358 Å². The van der Waals surface area contributed by atoms with E-state index in [2.05, 4.69) is 178 Å². The van der Waals surface area contributed by atoms with Crippen molar-refractivity contribution in [1.82, 2.24) is 9.13 Å². The highest BCUT2D eigenvalue weighted by atomic mass is 28.3. The van der Waals surface area contributed by atoms with Gasteiger partial charge in [-0.3, -0.25) is 0 Å². The molecule has 0 spiro atoms. The molecule has 0 unspecified atom stereocenters. The fourth-order valence-corrected chi connectivity index (χ4v) is 14.8. The summed E-state index contributed by atoms with van der Waals surface area (Å²) in [6.07, 6.45) is 0. The average Bonchev–Trinajstić information content (AvgIpc) is 4.00. The van der Waals surface area contributed by atoms with Gasteiger partial charge >= 0.3 is 0 Å². The lowest BCUT2D eigenvalue weighted by Crippen LogP contribution is -2.74. The minimum absolute atomic E-state index is 0.569. The topological polar surface area (TPSA) is 51.1 Å². The van der Waals surface area contributed by atoms with Crippen LogP contribution in [0.2, 0.25) is 0 Å². The second kappa shape index (κ2) is 13.8. The Bertz CT molecular complexity index is 3720. The number of nitriles is 1. The fraction of sp³-hybridized carbons (Fsp3) is 0. The molecule has 288 valence electrons. The fourth-order valence-electron chi connectivity index (χ4n) is 10.1. The molecule has 0 fully saturated rings. The van der Waals surface area contributed by atoms with E-state index in [1.165, 1.54) is 31.5 Å². The van der Waals surface area contributed by atoms with Gasteiger partial charge in [0.1, 0.15) is 11.2 Å². The second-order valence-electron chi connectivity index (χ2n) is 15.9. The molecule has 0 saturated heterocycles. The first-order chi connectivity index (χ1) is 30.6. The van der Waals surface area contributed by atoms with E-state index in [0.717, 1.165) is 66.2 Å². The zero-order valence-electron chi connectivity index (χ0n) is 33.3. The van der Waals surface area contributed by atoms with Crippen molar-refractivity contribution < 1.29 is 4.42 Å². The second-order valence-corrected chi connectivity index (χ2v) is 19.7. The summed E-state index contributed by atoms with van der Waals surface area (Å²) in [6.45, 7) is 7.76. The van der Waals surface area contributed by atoms with Crippen molar-refractivity contribution in [3.05, 3.63) is 223 Å². The maximum absolute atomic E-state index is 9.87. The third-order valence-electron chi connectivity index (χ3n) is 12.7. The van der Waals surface area contributed by atoms with Crippen LogP contribution in [0.5, 0.6) is 0 Å². The maximum atomic E-state index is 9.87. The molecule has 9 aromatic carbocycles. The van der Waals surface area contributed by atoms with Crippen molar-refractivity contribution in [3.8, 4) is 17.4 Å². The van der Waals surface area contributed by atoms with Gasteiger partial charge in [-0.25, -0.2) is 4.85 Å². The number of aromatic nitrogens is 2. The van der Waals surface area contributed by atoms with E-state index in [1.54, 1.807) is 0 Å². The van der Waals surface area contributed by atoms with Crippen LogP contribution in [0.1, 0.15) is 5.56 Å². The molecule has 3 heterocycles. The van der Waals surface area contributed by atoms with Crippen LogP contribution in [0, 0.1) is 17.9 Å². The Morgan fingerprint density at radius 3 is 1.82 bits per heavy atom. The van der Waals surface area contributed by atoms with Crippen LogP contribution in [-0.4, -0.2) is 17.2 Å². The summed E-state index contributed by atoms with van der Waals surface area (Å²) in [5, 5.41) is 21.5. The molecule has 0 radical (unpaired) electrons. The van der Waals surface area contributed by atoms with Gasteiger partial charge in [0.2, 0.25) is 0 Å². The Kier molecular flexibility index (Phi) is 7.92. The number of fused-ring (bicyclic) bond motifs is 10. The summed E-state index contributed by atoms with van der Waals surface area (Å²) < 4.78 is 11.1. The van der Waals surface area contributed by atoms with Gasteiger partial charge in [-0.15, -0.1) is 0 Å². The molecular formula is C56H34N4OSi. The normalized spacial score (nSPS) is 11.8. The zero-order chi connectivity index (χ0) is 41.4. The van der Waals surface area contributed by atoms with Crippen LogP contribution < -0.4 is 20.7 Å². The number of para-hydroxylation sites is 2. The summed E-state index contributed by atoms with van der Waals surface area (Å²) in [6, 6.07) is 75.7. The van der Waals surface area contributed by atoms with E-state index in [4.69, 9.17) is 11.0 Å². The molecule has 62 heavy (non-hydrogen) atoms. The Morgan fingerprint density at radius 2 is 1.08 bits per heavy atom. The van der Waals surface area contributed by atoms with E-state index in [1.807, 2.05) is 48.5 Å². The zero-order valence-corrected chi connectivity index (χ0v) is 34.3. The van der Waals surface area contributed by atoms with Crippen LogP contribution in [-0.2, 0) is 0 Å². The number of nitrogens with zero attached hydrogens (tertiary/aromatic N) is 4. The molecule has 0 bridgehead atoms. The van der Waals surface area contributed by atoms with E-state index in [0.29, 0.717) is 11.3 Å². The molecule has 0 saturated carbocycles. The highest BCUT2D eigenvalue weighted by Gasteiger charge is 2.41. The van der Waals surface area contributed by atoms with Gasteiger partial charge in [-0.1, -0.05) is 127 Å². The number of hydrogen-bond acceptors (Lipinski definition) is 2. The number of hydrogen-bond donors (Lipinski definition) is 0. The average molecular weight is 807 g/mol. The lowest BCUT2D eigenvalue weighted by Gasteiger charge is -2.35. The van der Waals surface area contributed by atoms with Crippen LogP contribution in [0.3, 0.4) is 0 Å². The Balaban J connectivity index is 1.12. The lowest BCUT2D eigenvalue weighted by molar-refractivity contribution is 0.669. The van der Waals surface area contributed by atoms with E-state index in [9.17, 15) is 5.26 Å². The van der Waals surface area contributed by atoms with Gasteiger partial charge in [-0.05, 0) is 105 Å². The van der Waals surface area contributed by atoms with Gasteiger partial charge in [-0.2, -0.15) is 5.26 Å². The van der Waals surface area contributed by atoms with Gasteiger partial charge in [0.05, 0.1) is 45.7 Å². The summed E-state index contributed by atoms with van der Waals surface area (Å²) in [7, 11) is -3.01. The maximum Gasteiger partial charge on any atom is 0.188 e. The van der Waals surface area contributed by atoms with Crippen LogP contribution in [0.4, 0.5) is 5.69 Å². The minimum Gasteiger partial charge on any atom is -0.456 e. The summed E-state index contributed by atoms with van der Waals surface area (Å²) in [5.74, 6) is 0. The standard InChI is InChI=1S/C56H34N4OSi/c1-58-38-24-31-52-49(34-38)48-33-37(36-57)23-30-51(48)59(52)40-13-12-18-44(35-40)62(41-14-4-2-5-15-41,42-16-6-3-7-17-42)43-27-25-39(26-28-43)60-50-21-10-8-19-45(50)46-29-32-54-55(56(46)60)47-20-9-11-22-53(47)61-54/h2-35H. The van der Waals surface area contributed by atoms with E-state index < -0.39 is 8.07 Å². The molecule has 0 aliphatic heterocycles.